The van der Waals surface area contributed by atoms with E-state index in [9.17, 15) is 0 Å². The van der Waals surface area contributed by atoms with Gasteiger partial charge in [-0.05, 0) is 39.0 Å². The van der Waals surface area contributed by atoms with Gasteiger partial charge in [0.1, 0.15) is 11.2 Å². The van der Waals surface area contributed by atoms with Crippen molar-refractivity contribution in [3.63, 3.8) is 0 Å². The Morgan fingerprint density at radius 1 is 1.26 bits per heavy atom. The second kappa shape index (κ2) is 8.22. The van der Waals surface area contributed by atoms with Crippen LogP contribution in [-0.2, 0) is 13.6 Å². The maximum atomic E-state index is 8.36. The molecule has 0 fully saturated rings. The SMILES string of the molecule is CC(=N)c1nc(-c2cccc3nc(C)oc23)cc(NCc2cnn(C)c2)c1NC(C)C. The molecule has 0 spiro atoms. The summed E-state index contributed by atoms with van der Waals surface area (Å²) in [6.45, 7) is 8.33. The summed E-state index contributed by atoms with van der Waals surface area (Å²) in [6, 6.07) is 8.03. The van der Waals surface area contributed by atoms with Crippen LogP contribution in [0.15, 0.2) is 41.1 Å². The number of rotatable bonds is 7. The number of pyridine rings is 1. The number of benzene rings is 1. The number of fused-ring (bicyclic) bond motifs is 1. The predicted octanol–water partition coefficient (Wildman–Crippen LogP) is 4.75. The maximum Gasteiger partial charge on any atom is 0.192 e. The highest BCUT2D eigenvalue weighted by Crippen LogP contribution is 2.35. The fraction of sp³-hybridized carbons (Fsp3) is 0.304. The van der Waals surface area contributed by atoms with Gasteiger partial charge in [-0.15, -0.1) is 0 Å². The Bertz CT molecular complexity index is 1250. The standard InChI is InChI=1S/C23H27N7O/c1-13(2)27-22-20(25-10-16-11-26-30(5)12-16)9-19(29-21(22)14(3)24)17-7-6-8-18-23(17)31-15(4)28-18/h6-9,11-13,24,27H,10H2,1-5H3,(H,25,29). The largest absolute Gasteiger partial charge is 0.440 e. The van der Waals surface area contributed by atoms with Crippen molar-refractivity contribution in [3.05, 3.63) is 53.8 Å². The molecule has 31 heavy (non-hydrogen) atoms. The van der Waals surface area contributed by atoms with E-state index in [4.69, 9.17) is 14.8 Å². The summed E-state index contributed by atoms with van der Waals surface area (Å²) in [5, 5.41) is 19.6. The Morgan fingerprint density at radius 3 is 2.74 bits per heavy atom. The number of nitrogens with zero attached hydrogens (tertiary/aromatic N) is 4. The molecule has 0 saturated carbocycles. The third-order valence-electron chi connectivity index (χ3n) is 4.85. The van der Waals surface area contributed by atoms with E-state index in [2.05, 4.69) is 34.6 Å². The average Bonchev–Trinajstić information content (AvgIpc) is 3.30. The number of hydrogen-bond donors (Lipinski definition) is 3. The minimum atomic E-state index is 0.185. The maximum absolute atomic E-state index is 8.36. The van der Waals surface area contributed by atoms with Crippen LogP contribution in [0.3, 0.4) is 0 Å². The van der Waals surface area contributed by atoms with E-state index in [1.165, 1.54) is 0 Å². The topological polar surface area (TPSA) is 105 Å². The van der Waals surface area contributed by atoms with Gasteiger partial charge in [0.05, 0.1) is 29.0 Å². The van der Waals surface area contributed by atoms with Crippen molar-refractivity contribution in [3.8, 4) is 11.3 Å². The summed E-state index contributed by atoms with van der Waals surface area (Å²) in [5.41, 5.74) is 6.81. The highest BCUT2D eigenvalue weighted by molar-refractivity contribution is 6.03. The van der Waals surface area contributed by atoms with Gasteiger partial charge >= 0.3 is 0 Å². The molecule has 4 aromatic rings. The second-order valence-electron chi connectivity index (χ2n) is 7.97. The van der Waals surface area contributed by atoms with Gasteiger partial charge in [0, 0.05) is 43.9 Å². The van der Waals surface area contributed by atoms with Gasteiger partial charge in [-0.3, -0.25) is 4.68 Å². The van der Waals surface area contributed by atoms with Crippen molar-refractivity contribution in [2.75, 3.05) is 10.6 Å². The smallest absolute Gasteiger partial charge is 0.192 e. The summed E-state index contributed by atoms with van der Waals surface area (Å²) in [7, 11) is 1.90. The lowest BCUT2D eigenvalue weighted by Crippen LogP contribution is -2.17. The molecule has 0 unspecified atom stereocenters. The fourth-order valence-electron chi connectivity index (χ4n) is 3.55. The summed E-state index contributed by atoms with van der Waals surface area (Å²) in [4.78, 5) is 9.28. The molecule has 3 heterocycles. The van der Waals surface area contributed by atoms with E-state index in [1.54, 1.807) is 11.6 Å². The molecule has 0 amide bonds. The van der Waals surface area contributed by atoms with Gasteiger partial charge in [0.2, 0.25) is 0 Å². The minimum Gasteiger partial charge on any atom is -0.440 e. The molecule has 0 atom stereocenters. The van der Waals surface area contributed by atoms with Gasteiger partial charge < -0.3 is 20.5 Å². The molecule has 0 aliphatic carbocycles. The average molecular weight is 418 g/mol. The van der Waals surface area contributed by atoms with Crippen LogP contribution in [0, 0.1) is 12.3 Å². The third-order valence-corrected chi connectivity index (χ3v) is 4.85. The molecule has 8 nitrogen and oxygen atoms in total. The number of aryl methyl sites for hydroxylation is 2. The normalized spacial score (nSPS) is 11.3. The van der Waals surface area contributed by atoms with Gasteiger partial charge in [0.25, 0.3) is 0 Å². The number of hydrogen-bond acceptors (Lipinski definition) is 7. The van der Waals surface area contributed by atoms with Gasteiger partial charge in [-0.1, -0.05) is 6.07 Å². The van der Waals surface area contributed by atoms with Crippen LogP contribution in [0.4, 0.5) is 11.4 Å². The molecule has 3 N–H and O–H groups in total. The molecular formula is C23H27N7O. The van der Waals surface area contributed by atoms with Crippen LogP contribution in [0.5, 0.6) is 0 Å². The van der Waals surface area contributed by atoms with E-state index < -0.39 is 0 Å². The quantitative estimate of drug-likeness (QED) is 0.375. The number of para-hydroxylation sites is 1. The van der Waals surface area contributed by atoms with Crippen molar-refractivity contribution in [1.82, 2.24) is 19.7 Å². The molecule has 0 radical (unpaired) electrons. The van der Waals surface area contributed by atoms with E-state index in [0.717, 1.165) is 33.7 Å². The van der Waals surface area contributed by atoms with Crippen LogP contribution in [0.2, 0.25) is 0 Å². The molecule has 160 valence electrons. The molecular weight excluding hydrogens is 390 g/mol. The first-order chi connectivity index (χ1) is 14.8. The number of anilines is 2. The Hall–Kier alpha value is -3.68. The van der Waals surface area contributed by atoms with Crippen molar-refractivity contribution in [2.45, 2.75) is 40.3 Å². The zero-order valence-electron chi connectivity index (χ0n) is 18.4. The van der Waals surface area contributed by atoms with Gasteiger partial charge in [-0.25, -0.2) is 9.97 Å². The summed E-state index contributed by atoms with van der Waals surface area (Å²) >= 11 is 0. The van der Waals surface area contributed by atoms with Crippen LogP contribution in [0.1, 0.15) is 37.9 Å². The molecule has 1 aromatic carbocycles. The van der Waals surface area contributed by atoms with E-state index in [1.807, 2.05) is 50.6 Å². The van der Waals surface area contributed by atoms with Crippen molar-refractivity contribution in [1.29, 1.82) is 5.41 Å². The second-order valence-corrected chi connectivity index (χ2v) is 7.97. The van der Waals surface area contributed by atoms with Crippen molar-refractivity contribution >= 4 is 28.2 Å². The predicted molar refractivity (Wildman–Crippen MR) is 124 cm³/mol. The van der Waals surface area contributed by atoms with Crippen LogP contribution in [0.25, 0.3) is 22.4 Å². The first-order valence-electron chi connectivity index (χ1n) is 10.3. The van der Waals surface area contributed by atoms with Crippen LogP contribution >= 0.6 is 0 Å². The molecule has 0 saturated heterocycles. The lowest BCUT2D eigenvalue weighted by Gasteiger charge is -2.20. The fourth-order valence-corrected chi connectivity index (χ4v) is 3.55. The van der Waals surface area contributed by atoms with Crippen molar-refractivity contribution in [2.24, 2.45) is 7.05 Å². The molecule has 0 aliphatic rings. The monoisotopic (exact) mass is 417 g/mol. The molecule has 3 aromatic heterocycles. The Morgan fingerprint density at radius 2 is 2.06 bits per heavy atom. The lowest BCUT2D eigenvalue weighted by atomic mass is 10.1. The highest BCUT2D eigenvalue weighted by atomic mass is 16.3. The van der Waals surface area contributed by atoms with Crippen molar-refractivity contribution < 1.29 is 4.42 Å². The first kappa shape index (κ1) is 20.6. The lowest BCUT2D eigenvalue weighted by molar-refractivity contribution is 0.562. The van der Waals surface area contributed by atoms with Gasteiger partial charge in [-0.2, -0.15) is 5.10 Å². The zero-order valence-corrected chi connectivity index (χ0v) is 18.4. The summed E-state index contributed by atoms with van der Waals surface area (Å²) in [5.74, 6) is 0.610. The van der Waals surface area contributed by atoms with Crippen LogP contribution in [-0.4, -0.2) is 31.5 Å². The number of nitrogens with one attached hydrogen (secondary N) is 3. The Labute approximate surface area is 181 Å². The highest BCUT2D eigenvalue weighted by Gasteiger charge is 2.19. The van der Waals surface area contributed by atoms with Crippen LogP contribution < -0.4 is 10.6 Å². The summed E-state index contributed by atoms with van der Waals surface area (Å²) in [6.07, 6.45) is 3.82. The molecule has 0 bridgehead atoms. The summed E-state index contributed by atoms with van der Waals surface area (Å²) < 4.78 is 7.65. The Kier molecular flexibility index (Phi) is 5.46. The molecule has 0 aliphatic heterocycles. The van der Waals surface area contributed by atoms with E-state index >= 15 is 0 Å². The minimum absolute atomic E-state index is 0.185. The van der Waals surface area contributed by atoms with Gasteiger partial charge in [0.15, 0.2) is 11.5 Å². The third kappa shape index (κ3) is 4.28. The Balaban J connectivity index is 1.85. The number of aromatic nitrogens is 4. The number of oxazole rings is 1. The first-order valence-corrected chi connectivity index (χ1v) is 10.3. The zero-order chi connectivity index (χ0) is 22.1. The van der Waals surface area contributed by atoms with E-state index in [0.29, 0.717) is 29.4 Å². The van der Waals surface area contributed by atoms with E-state index in [-0.39, 0.29) is 6.04 Å². The molecule has 8 heteroatoms. The molecule has 4 rings (SSSR count).